The van der Waals surface area contributed by atoms with Crippen LogP contribution >= 0.6 is 34.4 Å². The van der Waals surface area contributed by atoms with Crippen LogP contribution in [0.2, 0.25) is 0 Å². The fraction of sp³-hybridized carbons (Fsp3) is 0.450. The summed E-state index contributed by atoms with van der Waals surface area (Å²) in [7, 11) is -1.72. The Morgan fingerprint density at radius 1 is 1.19 bits per heavy atom. The SMILES string of the molecule is CNS(=O)(=O)CCCCCn1c(Sc2cc3c(cc2I)CCC3)nc2c(N)ncnc21. The highest BCUT2D eigenvalue weighted by Gasteiger charge is 2.19. The zero-order valence-electron chi connectivity index (χ0n) is 17.3. The number of imidazole rings is 1. The molecule has 8 nitrogen and oxygen atoms in total. The molecule has 0 saturated heterocycles. The Balaban J connectivity index is 1.56. The van der Waals surface area contributed by atoms with Gasteiger partial charge in [0.05, 0.1) is 5.75 Å². The van der Waals surface area contributed by atoms with E-state index in [0.29, 0.717) is 29.9 Å². The maximum atomic E-state index is 11.6. The number of nitrogens with one attached hydrogen (secondary N) is 1. The number of nitrogen functional groups attached to an aromatic ring is 1. The molecule has 2 heterocycles. The topological polar surface area (TPSA) is 116 Å². The summed E-state index contributed by atoms with van der Waals surface area (Å²) in [6, 6.07) is 4.57. The Hall–Kier alpha value is -1.44. The lowest BCUT2D eigenvalue weighted by Gasteiger charge is -2.11. The summed E-state index contributed by atoms with van der Waals surface area (Å²) in [5.74, 6) is 0.507. The summed E-state index contributed by atoms with van der Waals surface area (Å²) in [5.41, 5.74) is 10.3. The highest BCUT2D eigenvalue weighted by molar-refractivity contribution is 14.1. The van der Waals surface area contributed by atoms with Gasteiger partial charge in [0.2, 0.25) is 10.0 Å². The van der Waals surface area contributed by atoms with Crippen LogP contribution in [-0.4, -0.2) is 40.7 Å². The fourth-order valence-corrected chi connectivity index (χ4v) is 6.43. The van der Waals surface area contributed by atoms with E-state index in [4.69, 9.17) is 10.7 Å². The number of benzene rings is 1. The molecule has 0 unspecified atom stereocenters. The van der Waals surface area contributed by atoms with Gasteiger partial charge in [0.25, 0.3) is 0 Å². The van der Waals surface area contributed by atoms with E-state index in [1.165, 1.54) is 39.4 Å². The molecule has 3 aromatic rings. The predicted molar refractivity (Wildman–Crippen MR) is 132 cm³/mol. The van der Waals surface area contributed by atoms with Crippen molar-refractivity contribution < 1.29 is 8.42 Å². The molecule has 31 heavy (non-hydrogen) atoms. The molecule has 0 atom stereocenters. The summed E-state index contributed by atoms with van der Waals surface area (Å²) >= 11 is 4.02. The summed E-state index contributed by atoms with van der Waals surface area (Å²) in [6.07, 6.45) is 7.19. The zero-order chi connectivity index (χ0) is 22.0. The molecule has 0 saturated carbocycles. The van der Waals surface area contributed by atoms with Crippen molar-refractivity contribution >= 4 is 61.4 Å². The molecule has 1 aliphatic rings. The van der Waals surface area contributed by atoms with Crippen LogP contribution in [0, 0.1) is 3.57 Å². The predicted octanol–water partition coefficient (Wildman–Crippen LogP) is 3.37. The molecule has 166 valence electrons. The molecular formula is C20H25IN6O2S2. The third kappa shape index (κ3) is 5.15. The maximum Gasteiger partial charge on any atom is 0.211 e. The van der Waals surface area contributed by atoms with Crippen LogP contribution in [0.1, 0.15) is 36.8 Å². The van der Waals surface area contributed by atoms with Crippen LogP contribution in [-0.2, 0) is 29.4 Å². The summed E-state index contributed by atoms with van der Waals surface area (Å²) in [4.78, 5) is 14.5. The number of hydrogen-bond acceptors (Lipinski definition) is 7. The number of anilines is 1. The maximum absolute atomic E-state index is 11.6. The molecule has 0 spiro atoms. The van der Waals surface area contributed by atoms with Gasteiger partial charge < -0.3 is 10.3 Å². The van der Waals surface area contributed by atoms with E-state index in [0.717, 1.165) is 30.8 Å². The fourth-order valence-electron chi connectivity index (χ4n) is 3.80. The second-order valence-electron chi connectivity index (χ2n) is 7.57. The molecular weight excluding hydrogens is 547 g/mol. The normalized spacial score (nSPS) is 13.7. The first-order chi connectivity index (χ1) is 14.9. The molecule has 0 radical (unpaired) electrons. The van der Waals surface area contributed by atoms with Crippen LogP contribution in [0.3, 0.4) is 0 Å². The quantitative estimate of drug-likeness (QED) is 0.299. The molecule has 0 aliphatic heterocycles. The minimum atomic E-state index is -3.16. The van der Waals surface area contributed by atoms with E-state index in [2.05, 4.69) is 54.0 Å². The molecule has 0 amide bonds. The van der Waals surface area contributed by atoms with Crippen molar-refractivity contribution in [1.82, 2.24) is 24.2 Å². The smallest absolute Gasteiger partial charge is 0.211 e. The lowest BCUT2D eigenvalue weighted by Crippen LogP contribution is -2.21. The van der Waals surface area contributed by atoms with E-state index < -0.39 is 10.0 Å². The average Bonchev–Trinajstić information content (AvgIpc) is 3.33. The van der Waals surface area contributed by atoms with Crippen molar-refractivity contribution in [3.8, 4) is 0 Å². The monoisotopic (exact) mass is 572 g/mol. The van der Waals surface area contributed by atoms with E-state index in [1.54, 1.807) is 11.8 Å². The molecule has 2 aromatic heterocycles. The van der Waals surface area contributed by atoms with Gasteiger partial charge in [-0.25, -0.2) is 28.1 Å². The number of aromatic nitrogens is 4. The van der Waals surface area contributed by atoms with Gasteiger partial charge >= 0.3 is 0 Å². The number of hydrogen-bond donors (Lipinski definition) is 2. The van der Waals surface area contributed by atoms with Gasteiger partial charge in [-0.05, 0) is 85.0 Å². The van der Waals surface area contributed by atoms with Gasteiger partial charge in [-0.15, -0.1) is 0 Å². The Morgan fingerprint density at radius 2 is 1.97 bits per heavy atom. The van der Waals surface area contributed by atoms with E-state index in [-0.39, 0.29) is 5.75 Å². The van der Waals surface area contributed by atoms with Crippen LogP contribution in [0.15, 0.2) is 28.5 Å². The summed E-state index contributed by atoms with van der Waals surface area (Å²) < 4.78 is 28.9. The zero-order valence-corrected chi connectivity index (χ0v) is 21.1. The van der Waals surface area contributed by atoms with Gasteiger partial charge in [0.15, 0.2) is 22.1 Å². The van der Waals surface area contributed by atoms with E-state index >= 15 is 0 Å². The highest BCUT2D eigenvalue weighted by atomic mass is 127. The minimum absolute atomic E-state index is 0.137. The molecule has 11 heteroatoms. The number of fused-ring (bicyclic) bond motifs is 2. The van der Waals surface area contributed by atoms with Crippen molar-refractivity contribution in [1.29, 1.82) is 0 Å². The van der Waals surface area contributed by atoms with E-state index in [9.17, 15) is 8.42 Å². The van der Waals surface area contributed by atoms with Crippen LogP contribution in [0.4, 0.5) is 5.82 Å². The van der Waals surface area contributed by atoms with Crippen LogP contribution in [0.5, 0.6) is 0 Å². The highest BCUT2D eigenvalue weighted by Crippen LogP contribution is 2.37. The number of rotatable bonds is 9. The standard InChI is InChI=1S/C20H25IN6O2S2/c1-23-31(28,29)9-4-2-3-8-27-19-17(18(22)24-12-25-19)26-20(27)30-16-11-14-7-5-6-13(14)10-15(16)21/h10-12,23H,2-9H2,1H3,(H2,22,24,25). The van der Waals surface area contributed by atoms with Gasteiger partial charge in [-0.2, -0.15) is 0 Å². The summed E-state index contributed by atoms with van der Waals surface area (Å²) in [6.45, 7) is 0.691. The first kappa shape index (κ1) is 22.7. The second-order valence-corrected chi connectivity index (χ2v) is 11.8. The second kappa shape index (κ2) is 9.59. The van der Waals surface area contributed by atoms with Crippen molar-refractivity contribution in [3.63, 3.8) is 0 Å². The largest absolute Gasteiger partial charge is 0.382 e. The molecule has 3 N–H and O–H groups in total. The third-order valence-electron chi connectivity index (χ3n) is 5.48. The van der Waals surface area contributed by atoms with Gasteiger partial charge in [-0.1, -0.05) is 18.2 Å². The molecule has 0 bridgehead atoms. The number of unbranched alkanes of at least 4 members (excludes halogenated alkanes) is 2. The van der Waals surface area contributed by atoms with Crippen molar-refractivity contribution in [2.75, 3.05) is 18.5 Å². The van der Waals surface area contributed by atoms with Crippen molar-refractivity contribution in [2.24, 2.45) is 0 Å². The van der Waals surface area contributed by atoms with Crippen molar-refractivity contribution in [3.05, 3.63) is 33.2 Å². The lowest BCUT2D eigenvalue weighted by atomic mass is 10.1. The van der Waals surface area contributed by atoms with Gasteiger partial charge in [0.1, 0.15) is 6.33 Å². The summed E-state index contributed by atoms with van der Waals surface area (Å²) in [5, 5.41) is 0.834. The minimum Gasteiger partial charge on any atom is -0.382 e. The first-order valence-electron chi connectivity index (χ1n) is 10.2. The Labute approximate surface area is 200 Å². The first-order valence-corrected chi connectivity index (χ1v) is 13.8. The Morgan fingerprint density at radius 3 is 2.74 bits per heavy atom. The van der Waals surface area contributed by atoms with Crippen LogP contribution in [0.25, 0.3) is 11.2 Å². The molecule has 1 aromatic carbocycles. The number of aryl methyl sites for hydroxylation is 3. The Kier molecular flexibility index (Phi) is 7.04. The number of nitrogens with zero attached hydrogens (tertiary/aromatic N) is 4. The number of halogens is 1. The van der Waals surface area contributed by atoms with E-state index in [1.807, 2.05) is 0 Å². The number of nitrogens with two attached hydrogens (primary N) is 1. The third-order valence-corrected chi connectivity index (χ3v) is 9.24. The molecule has 1 aliphatic carbocycles. The Bertz CT molecular complexity index is 1210. The lowest BCUT2D eigenvalue weighted by molar-refractivity contribution is 0.561. The number of sulfonamides is 1. The molecule has 0 fully saturated rings. The van der Waals surface area contributed by atoms with Crippen molar-refractivity contribution in [2.45, 2.75) is 55.1 Å². The van der Waals surface area contributed by atoms with Gasteiger partial charge in [-0.3, -0.25) is 0 Å². The average molecular weight is 572 g/mol. The molecule has 4 rings (SSSR count). The van der Waals surface area contributed by atoms with Gasteiger partial charge in [0, 0.05) is 15.0 Å². The van der Waals surface area contributed by atoms with Crippen LogP contribution < -0.4 is 10.5 Å².